The van der Waals surface area contributed by atoms with E-state index < -0.39 is 0 Å². The molecular formula is C8H12O2. The van der Waals surface area contributed by atoms with Crippen molar-refractivity contribution in [1.82, 2.24) is 0 Å². The lowest BCUT2D eigenvalue weighted by Gasteiger charge is -2.08. The Labute approximate surface area is 60.9 Å². The standard InChI is InChI=1S/C8H12O2/c1-4-10-7(9)8(3)5-6(8)2/h5H,4H2,1-3H3. The molecule has 1 aliphatic carbocycles. The molecule has 0 saturated heterocycles. The van der Waals surface area contributed by atoms with Crippen LogP contribution < -0.4 is 0 Å². The Morgan fingerprint density at radius 1 is 1.80 bits per heavy atom. The third-order valence-corrected chi connectivity index (χ3v) is 1.94. The SMILES string of the molecule is CCOC(=O)C1(C)C=C1C. The van der Waals surface area contributed by atoms with Gasteiger partial charge in [0.15, 0.2) is 0 Å². The van der Waals surface area contributed by atoms with Gasteiger partial charge in [0, 0.05) is 0 Å². The molecule has 1 aliphatic rings. The van der Waals surface area contributed by atoms with Crippen molar-refractivity contribution in [3.8, 4) is 0 Å². The molecule has 0 aromatic heterocycles. The maximum absolute atomic E-state index is 11.1. The van der Waals surface area contributed by atoms with E-state index in [0.29, 0.717) is 6.61 Å². The van der Waals surface area contributed by atoms with Crippen LogP contribution in [0.1, 0.15) is 20.8 Å². The second kappa shape index (κ2) is 2.11. The van der Waals surface area contributed by atoms with E-state index in [2.05, 4.69) is 0 Å². The van der Waals surface area contributed by atoms with Crippen LogP contribution in [0.5, 0.6) is 0 Å². The van der Waals surface area contributed by atoms with Gasteiger partial charge in [-0.1, -0.05) is 11.6 Å². The van der Waals surface area contributed by atoms with Gasteiger partial charge in [0.2, 0.25) is 0 Å². The monoisotopic (exact) mass is 140 g/mol. The number of hydrogen-bond donors (Lipinski definition) is 0. The number of hydrogen-bond acceptors (Lipinski definition) is 2. The molecule has 0 amide bonds. The average Bonchev–Trinajstić information content (AvgIpc) is 2.43. The molecule has 1 atom stereocenters. The van der Waals surface area contributed by atoms with Crippen molar-refractivity contribution < 1.29 is 9.53 Å². The fourth-order valence-electron chi connectivity index (χ4n) is 0.898. The fraction of sp³-hybridized carbons (Fsp3) is 0.625. The van der Waals surface area contributed by atoms with E-state index in [1.54, 1.807) is 0 Å². The van der Waals surface area contributed by atoms with Crippen molar-refractivity contribution in [2.24, 2.45) is 5.41 Å². The molecule has 2 heteroatoms. The molecule has 0 saturated carbocycles. The highest BCUT2D eigenvalue weighted by molar-refractivity contribution is 5.87. The Morgan fingerprint density at radius 2 is 2.30 bits per heavy atom. The van der Waals surface area contributed by atoms with Gasteiger partial charge in [-0.25, -0.2) is 0 Å². The Bertz CT molecular complexity index is 193. The second-order valence-corrected chi connectivity index (χ2v) is 2.75. The van der Waals surface area contributed by atoms with Crippen LogP contribution >= 0.6 is 0 Å². The third-order valence-electron chi connectivity index (χ3n) is 1.94. The first-order valence-electron chi connectivity index (χ1n) is 3.48. The largest absolute Gasteiger partial charge is 0.465 e. The van der Waals surface area contributed by atoms with E-state index in [9.17, 15) is 4.79 Å². The Balaban J connectivity index is 2.45. The van der Waals surface area contributed by atoms with Gasteiger partial charge in [-0.3, -0.25) is 4.79 Å². The number of rotatable bonds is 2. The van der Waals surface area contributed by atoms with Crippen LogP contribution in [-0.4, -0.2) is 12.6 Å². The van der Waals surface area contributed by atoms with Crippen LogP contribution in [-0.2, 0) is 9.53 Å². The van der Waals surface area contributed by atoms with E-state index in [0.717, 1.165) is 5.57 Å². The zero-order valence-electron chi connectivity index (χ0n) is 6.60. The van der Waals surface area contributed by atoms with Crippen molar-refractivity contribution in [3.63, 3.8) is 0 Å². The van der Waals surface area contributed by atoms with Gasteiger partial charge >= 0.3 is 5.97 Å². The van der Waals surface area contributed by atoms with E-state index in [1.165, 1.54) is 0 Å². The normalized spacial score (nSPS) is 29.3. The minimum Gasteiger partial charge on any atom is -0.465 e. The van der Waals surface area contributed by atoms with Gasteiger partial charge in [0.25, 0.3) is 0 Å². The van der Waals surface area contributed by atoms with Gasteiger partial charge in [-0.05, 0) is 20.8 Å². The summed E-state index contributed by atoms with van der Waals surface area (Å²) in [5, 5.41) is 0. The van der Waals surface area contributed by atoms with Crippen LogP contribution in [0.3, 0.4) is 0 Å². The van der Waals surface area contributed by atoms with E-state index >= 15 is 0 Å². The summed E-state index contributed by atoms with van der Waals surface area (Å²) in [7, 11) is 0. The van der Waals surface area contributed by atoms with Crippen LogP contribution in [0.2, 0.25) is 0 Å². The van der Waals surface area contributed by atoms with E-state index in [4.69, 9.17) is 4.74 Å². The fourth-order valence-corrected chi connectivity index (χ4v) is 0.898. The number of esters is 1. The van der Waals surface area contributed by atoms with Gasteiger partial charge in [0.1, 0.15) is 5.41 Å². The van der Waals surface area contributed by atoms with Crippen molar-refractivity contribution in [2.45, 2.75) is 20.8 Å². The minimum atomic E-state index is -0.351. The lowest BCUT2D eigenvalue weighted by atomic mass is 10.1. The first-order chi connectivity index (χ1) is 4.61. The average molecular weight is 140 g/mol. The molecule has 0 fully saturated rings. The molecule has 10 heavy (non-hydrogen) atoms. The maximum Gasteiger partial charge on any atom is 0.319 e. The van der Waals surface area contributed by atoms with Gasteiger partial charge in [-0.2, -0.15) is 0 Å². The molecule has 0 heterocycles. The summed E-state index contributed by atoms with van der Waals surface area (Å²) < 4.78 is 4.85. The number of carbonyl (C=O) groups is 1. The van der Waals surface area contributed by atoms with Crippen molar-refractivity contribution >= 4 is 5.97 Å². The Morgan fingerprint density at radius 3 is 2.60 bits per heavy atom. The first-order valence-corrected chi connectivity index (χ1v) is 3.48. The van der Waals surface area contributed by atoms with Gasteiger partial charge < -0.3 is 4.74 Å². The predicted octanol–water partition coefficient (Wildman–Crippen LogP) is 1.52. The van der Waals surface area contributed by atoms with E-state index in [1.807, 2.05) is 26.8 Å². The molecule has 0 radical (unpaired) electrons. The smallest absolute Gasteiger partial charge is 0.319 e. The number of ether oxygens (including phenoxy) is 1. The zero-order chi connectivity index (χ0) is 7.78. The molecule has 0 spiro atoms. The molecular weight excluding hydrogens is 128 g/mol. The highest BCUT2D eigenvalue weighted by Gasteiger charge is 2.44. The summed E-state index contributed by atoms with van der Waals surface area (Å²) in [5.74, 6) is -0.118. The summed E-state index contributed by atoms with van der Waals surface area (Å²) >= 11 is 0. The summed E-state index contributed by atoms with van der Waals surface area (Å²) in [6.07, 6.45) is 1.92. The van der Waals surface area contributed by atoms with Crippen molar-refractivity contribution in [3.05, 3.63) is 11.6 Å². The van der Waals surface area contributed by atoms with Crippen LogP contribution in [0.4, 0.5) is 0 Å². The van der Waals surface area contributed by atoms with Crippen LogP contribution in [0.25, 0.3) is 0 Å². The van der Waals surface area contributed by atoms with Crippen molar-refractivity contribution in [1.29, 1.82) is 0 Å². The molecule has 2 nitrogen and oxygen atoms in total. The first kappa shape index (κ1) is 7.32. The molecule has 0 aromatic carbocycles. The Hall–Kier alpha value is -0.790. The van der Waals surface area contributed by atoms with Gasteiger partial charge in [-0.15, -0.1) is 0 Å². The molecule has 1 rings (SSSR count). The summed E-state index contributed by atoms with van der Waals surface area (Å²) in [6.45, 7) is 6.10. The molecule has 0 aliphatic heterocycles. The predicted molar refractivity (Wildman–Crippen MR) is 38.5 cm³/mol. The summed E-state index contributed by atoms with van der Waals surface area (Å²) in [6, 6.07) is 0. The van der Waals surface area contributed by atoms with Gasteiger partial charge in [0.05, 0.1) is 6.61 Å². The maximum atomic E-state index is 11.1. The second-order valence-electron chi connectivity index (χ2n) is 2.75. The topological polar surface area (TPSA) is 26.3 Å². The lowest BCUT2D eigenvalue weighted by molar-refractivity contribution is -0.147. The van der Waals surface area contributed by atoms with E-state index in [-0.39, 0.29) is 11.4 Å². The molecule has 56 valence electrons. The molecule has 0 N–H and O–H groups in total. The molecule has 0 aromatic rings. The third kappa shape index (κ3) is 0.939. The molecule has 0 bridgehead atoms. The highest BCUT2D eigenvalue weighted by atomic mass is 16.5. The van der Waals surface area contributed by atoms with Crippen LogP contribution in [0.15, 0.2) is 11.6 Å². The quantitative estimate of drug-likeness (QED) is 0.429. The summed E-state index contributed by atoms with van der Waals surface area (Å²) in [4.78, 5) is 11.1. The van der Waals surface area contributed by atoms with Crippen molar-refractivity contribution in [2.75, 3.05) is 6.61 Å². The Kier molecular flexibility index (Phi) is 1.55. The lowest BCUT2D eigenvalue weighted by Crippen LogP contribution is -2.18. The number of carbonyl (C=O) groups excluding carboxylic acids is 1. The molecule has 1 unspecified atom stereocenters. The minimum absolute atomic E-state index is 0.118. The summed E-state index contributed by atoms with van der Waals surface area (Å²) in [5.41, 5.74) is 0.765. The van der Waals surface area contributed by atoms with Crippen LogP contribution in [0, 0.1) is 5.41 Å². The highest BCUT2D eigenvalue weighted by Crippen LogP contribution is 2.43. The zero-order valence-corrected chi connectivity index (χ0v) is 6.60.